The lowest BCUT2D eigenvalue weighted by atomic mass is 10.1. The molecule has 7 nitrogen and oxygen atoms in total. The number of fused-ring (bicyclic) bond motifs is 2. The van der Waals surface area contributed by atoms with Gasteiger partial charge in [0.2, 0.25) is 0 Å². The molecular weight excluding hydrogens is 372 g/mol. The van der Waals surface area contributed by atoms with Gasteiger partial charge in [-0.15, -0.1) is 0 Å². The van der Waals surface area contributed by atoms with Gasteiger partial charge in [0.15, 0.2) is 11.5 Å². The van der Waals surface area contributed by atoms with Crippen LogP contribution in [0, 0.1) is 0 Å². The highest BCUT2D eigenvalue weighted by molar-refractivity contribution is 9.10. The number of carbonyl (C=O) groups is 1. The van der Waals surface area contributed by atoms with E-state index in [0.29, 0.717) is 32.7 Å². The van der Waals surface area contributed by atoms with Gasteiger partial charge in [0.05, 0.1) is 23.0 Å². The minimum Gasteiger partial charge on any atom is -0.370 e. The lowest BCUT2D eigenvalue weighted by Crippen LogP contribution is -2.14. The molecule has 0 bridgehead atoms. The molecule has 0 fully saturated rings. The van der Waals surface area contributed by atoms with Crippen LogP contribution in [0.3, 0.4) is 0 Å². The van der Waals surface area contributed by atoms with Crippen molar-refractivity contribution in [1.29, 1.82) is 0 Å². The normalized spacial score (nSPS) is 12.6. The average Bonchev–Trinajstić information content (AvgIpc) is 3.14. The Morgan fingerprint density at radius 1 is 1.23 bits per heavy atom. The first kappa shape index (κ1) is 13.4. The molecular formula is C13H7BrN4O3S. The van der Waals surface area contributed by atoms with Crippen molar-refractivity contribution in [2.24, 2.45) is 0 Å². The van der Waals surface area contributed by atoms with Gasteiger partial charge >= 0.3 is 0 Å². The molecule has 1 amide bonds. The molecule has 1 aliphatic rings. The van der Waals surface area contributed by atoms with Gasteiger partial charge in [-0.3, -0.25) is 4.79 Å². The quantitative estimate of drug-likeness (QED) is 0.712. The molecule has 0 saturated carbocycles. The van der Waals surface area contributed by atoms with Crippen molar-refractivity contribution in [3.05, 3.63) is 40.4 Å². The van der Waals surface area contributed by atoms with Crippen molar-refractivity contribution in [2.75, 3.05) is 5.32 Å². The molecule has 0 spiro atoms. The number of benzene rings is 2. The van der Waals surface area contributed by atoms with E-state index in [9.17, 15) is 4.79 Å². The molecule has 0 aliphatic carbocycles. The van der Waals surface area contributed by atoms with Crippen molar-refractivity contribution in [1.82, 2.24) is 14.4 Å². The second-order valence-corrected chi connectivity index (χ2v) is 5.84. The van der Waals surface area contributed by atoms with Crippen LogP contribution in [0.5, 0.6) is 11.5 Å². The number of amides is 1. The molecule has 0 radical (unpaired) electrons. The van der Waals surface area contributed by atoms with Crippen LogP contribution in [0.15, 0.2) is 34.8 Å². The zero-order chi connectivity index (χ0) is 15.1. The Bertz CT molecular complexity index is 898. The van der Waals surface area contributed by atoms with Gasteiger partial charge in [0.1, 0.15) is 11.0 Å². The number of hydrogen-bond donors (Lipinski definition) is 2. The number of hydrogen-bond acceptors (Lipinski definition) is 7. The van der Waals surface area contributed by atoms with Crippen molar-refractivity contribution in [3.63, 3.8) is 0 Å². The van der Waals surface area contributed by atoms with Crippen LogP contribution in [0.4, 0.5) is 5.69 Å². The molecule has 0 unspecified atom stereocenters. The van der Waals surface area contributed by atoms with Crippen LogP contribution < -0.4 is 20.6 Å². The minimum atomic E-state index is -0.286. The van der Waals surface area contributed by atoms with E-state index in [1.807, 2.05) is 12.1 Å². The van der Waals surface area contributed by atoms with E-state index in [1.54, 1.807) is 18.2 Å². The topological polar surface area (TPSA) is 85.4 Å². The first-order chi connectivity index (χ1) is 10.7. The van der Waals surface area contributed by atoms with Crippen LogP contribution in [-0.2, 0) is 0 Å². The maximum atomic E-state index is 12.5. The fraction of sp³-hybridized carbons (Fsp3) is 0. The van der Waals surface area contributed by atoms with Crippen LogP contribution in [-0.4, -0.2) is 14.7 Å². The number of rotatable bonds is 2. The van der Waals surface area contributed by atoms with E-state index in [4.69, 9.17) is 9.68 Å². The Morgan fingerprint density at radius 3 is 2.91 bits per heavy atom. The molecule has 1 aromatic heterocycles. The third kappa shape index (κ3) is 2.19. The molecule has 0 atom stereocenters. The highest BCUT2D eigenvalue weighted by Crippen LogP contribution is 2.36. The van der Waals surface area contributed by atoms with Gasteiger partial charge in [0.25, 0.3) is 5.91 Å². The fourth-order valence-corrected chi connectivity index (χ4v) is 3.13. The Labute approximate surface area is 136 Å². The summed E-state index contributed by atoms with van der Waals surface area (Å²) >= 11 is 4.46. The van der Waals surface area contributed by atoms with E-state index >= 15 is 0 Å². The Hall–Kier alpha value is -2.23. The molecule has 3 aromatic rings. The second kappa shape index (κ2) is 5.20. The Morgan fingerprint density at radius 2 is 2.05 bits per heavy atom. The van der Waals surface area contributed by atoms with E-state index in [1.165, 1.54) is 0 Å². The summed E-state index contributed by atoms with van der Waals surface area (Å²) in [6.45, 7) is 0. The van der Waals surface area contributed by atoms with Gasteiger partial charge < -0.3 is 15.0 Å². The number of aromatic nitrogens is 2. The molecule has 2 N–H and O–H groups in total. The van der Waals surface area contributed by atoms with Crippen LogP contribution in [0.1, 0.15) is 10.4 Å². The van der Waals surface area contributed by atoms with Crippen molar-refractivity contribution < 1.29 is 14.5 Å². The third-order valence-electron chi connectivity index (χ3n) is 3.12. The van der Waals surface area contributed by atoms with E-state index in [2.05, 4.69) is 35.6 Å². The van der Waals surface area contributed by atoms with Crippen molar-refractivity contribution in [2.45, 2.75) is 0 Å². The highest BCUT2D eigenvalue weighted by atomic mass is 79.9. The standard InChI is InChI=1S/C13H7BrN4O3S/c14-7-5-11-10(20-18-21-11)4-6(7)13(19)15-8-2-1-3-9-12(8)17-22-16-9/h1-5,18H,(H,15,19). The number of carbonyl (C=O) groups excluding carboxylic acids is 1. The lowest BCUT2D eigenvalue weighted by Gasteiger charge is -2.07. The van der Waals surface area contributed by atoms with Gasteiger partial charge in [-0.25, -0.2) is 0 Å². The summed E-state index contributed by atoms with van der Waals surface area (Å²) in [6, 6.07) is 8.70. The summed E-state index contributed by atoms with van der Waals surface area (Å²) in [7, 11) is 0. The molecule has 9 heteroatoms. The fourth-order valence-electron chi connectivity index (χ4n) is 2.08. The summed E-state index contributed by atoms with van der Waals surface area (Å²) in [5, 5.41) is 2.84. The molecule has 1 aliphatic heterocycles. The predicted molar refractivity (Wildman–Crippen MR) is 83.9 cm³/mol. The van der Waals surface area contributed by atoms with Gasteiger partial charge in [-0.1, -0.05) is 6.07 Å². The van der Waals surface area contributed by atoms with Crippen molar-refractivity contribution >= 4 is 50.3 Å². The molecule has 2 heterocycles. The third-order valence-corrected chi connectivity index (χ3v) is 4.31. The maximum Gasteiger partial charge on any atom is 0.257 e. The zero-order valence-electron chi connectivity index (χ0n) is 10.8. The zero-order valence-corrected chi connectivity index (χ0v) is 13.2. The maximum absolute atomic E-state index is 12.5. The van der Waals surface area contributed by atoms with E-state index in [-0.39, 0.29) is 5.91 Å². The highest BCUT2D eigenvalue weighted by Gasteiger charge is 2.21. The molecule has 110 valence electrons. The Balaban J connectivity index is 1.69. The van der Waals surface area contributed by atoms with E-state index in [0.717, 1.165) is 17.2 Å². The van der Waals surface area contributed by atoms with Crippen LogP contribution in [0.25, 0.3) is 11.0 Å². The van der Waals surface area contributed by atoms with Gasteiger partial charge in [-0.05, 0) is 28.1 Å². The van der Waals surface area contributed by atoms with Crippen molar-refractivity contribution in [3.8, 4) is 11.5 Å². The predicted octanol–water partition coefficient (Wildman–Crippen LogP) is 2.90. The minimum absolute atomic E-state index is 0.286. The summed E-state index contributed by atoms with van der Waals surface area (Å²) < 4.78 is 8.94. The Kier molecular flexibility index (Phi) is 3.17. The van der Waals surface area contributed by atoms with E-state index < -0.39 is 0 Å². The number of nitrogens with one attached hydrogen (secondary N) is 2. The summed E-state index contributed by atoms with van der Waals surface area (Å²) in [5.74, 6) is 0.668. The monoisotopic (exact) mass is 378 g/mol. The molecule has 22 heavy (non-hydrogen) atoms. The molecule has 0 saturated heterocycles. The molecule has 4 rings (SSSR count). The van der Waals surface area contributed by atoms with Gasteiger partial charge in [0, 0.05) is 22.2 Å². The first-order valence-electron chi connectivity index (χ1n) is 6.17. The first-order valence-corrected chi connectivity index (χ1v) is 7.69. The summed E-state index contributed by atoms with van der Waals surface area (Å²) in [5.41, 5.74) is 4.73. The number of anilines is 1. The summed E-state index contributed by atoms with van der Waals surface area (Å²) in [4.78, 5) is 22.6. The smallest absolute Gasteiger partial charge is 0.257 e. The second-order valence-electron chi connectivity index (χ2n) is 4.46. The number of nitrogens with zero attached hydrogens (tertiary/aromatic N) is 2. The largest absolute Gasteiger partial charge is 0.370 e. The van der Waals surface area contributed by atoms with Gasteiger partial charge in [-0.2, -0.15) is 8.75 Å². The number of halogens is 1. The van der Waals surface area contributed by atoms with Crippen LogP contribution in [0.2, 0.25) is 0 Å². The SMILES string of the molecule is O=C(Nc1cccc2nsnc12)c1cc2c(cc1Br)ONO2. The molecule has 2 aromatic carbocycles. The van der Waals surface area contributed by atoms with Crippen LogP contribution >= 0.6 is 27.7 Å². The lowest BCUT2D eigenvalue weighted by molar-refractivity contribution is 0.0259. The average molecular weight is 379 g/mol. The summed E-state index contributed by atoms with van der Waals surface area (Å²) in [6.07, 6.45) is 0.